The van der Waals surface area contributed by atoms with Crippen LogP contribution in [0, 0.1) is 0 Å². The zero-order chi connectivity index (χ0) is 17.7. The minimum absolute atomic E-state index is 0.128. The van der Waals surface area contributed by atoms with E-state index < -0.39 is 0 Å². The summed E-state index contributed by atoms with van der Waals surface area (Å²) in [6.07, 6.45) is 7.02. The van der Waals surface area contributed by atoms with E-state index >= 15 is 0 Å². The lowest BCUT2D eigenvalue weighted by atomic mass is 9.87. The first-order chi connectivity index (χ1) is 12.7. The summed E-state index contributed by atoms with van der Waals surface area (Å²) in [6, 6.07) is 10.2. The Morgan fingerprint density at radius 1 is 1.19 bits per heavy atom. The second-order valence-corrected chi connectivity index (χ2v) is 7.49. The van der Waals surface area contributed by atoms with Crippen LogP contribution >= 0.6 is 15.9 Å². The predicted molar refractivity (Wildman–Crippen MR) is 101 cm³/mol. The number of aryl methyl sites for hydroxylation is 1. The van der Waals surface area contributed by atoms with Gasteiger partial charge in [-0.25, -0.2) is 4.98 Å². The third kappa shape index (κ3) is 2.64. The third-order valence-corrected chi connectivity index (χ3v) is 5.32. The molecule has 26 heavy (non-hydrogen) atoms. The highest BCUT2D eigenvalue weighted by Gasteiger charge is 2.19. The molecule has 1 aliphatic rings. The van der Waals surface area contributed by atoms with E-state index in [-0.39, 0.29) is 6.04 Å². The topological polar surface area (TPSA) is 82.2 Å². The van der Waals surface area contributed by atoms with Gasteiger partial charge < -0.3 is 14.7 Å². The molecule has 0 amide bonds. The minimum atomic E-state index is 0.128. The Morgan fingerprint density at radius 2 is 2.12 bits per heavy atom. The zero-order valence-electron chi connectivity index (χ0n) is 13.9. The highest BCUT2D eigenvalue weighted by Crippen LogP contribution is 2.31. The van der Waals surface area contributed by atoms with Crippen molar-refractivity contribution in [3.63, 3.8) is 0 Å². The van der Waals surface area contributed by atoms with E-state index in [0.29, 0.717) is 17.4 Å². The van der Waals surface area contributed by atoms with Crippen molar-refractivity contribution in [1.29, 1.82) is 0 Å². The van der Waals surface area contributed by atoms with Gasteiger partial charge in [-0.1, -0.05) is 27.2 Å². The van der Waals surface area contributed by atoms with Crippen molar-refractivity contribution in [2.75, 3.05) is 0 Å². The van der Waals surface area contributed by atoms with Gasteiger partial charge in [0.1, 0.15) is 11.3 Å². The molecule has 1 atom stereocenters. The molecule has 0 spiro atoms. The van der Waals surface area contributed by atoms with E-state index in [1.807, 2.05) is 35.0 Å². The molecule has 3 heterocycles. The van der Waals surface area contributed by atoms with Crippen LogP contribution in [0.1, 0.15) is 30.0 Å². The molecule has 0 saturated heterocycles. The molecule has 0 aliphatic heterocycles. The lowest BCUT2D eigenvalue weighted by molar-refractivity contribution is 0.432. The molecule has 2 N–H and O–H groups in total. The van der Waals surface area contributed by atoms with E-state index in [2.05, 4.69) is 43.2 Å². The number of fused-ring (bicyclic) bond motifs is 2. The minimum Gasteiger partial charge on any atom is -0.334 e. The quantitative estimate of drug-likeness (QED) is 0.537. The molecule has 5 rings (SSSR count). The van der Waals surface area contributed by atoms with E-state index in [1.54, 1.807) is 0 Å². The summed E-state index contributed by atoms with van der Waals surface area (Å²) in [7, 11) is 0. The predicted octanol–water partition coefficient (Wildman–Crippen LogP) is 4.15. The highest BCUT2D eigenvalue weighted by molar-refractivity contribution is 9.10. The fraction of sp³-hybridized carbons (Fsp3) is 0.211. The Hall–Kier alpha value is -2.51. The highest BCUT2D eigenvalue weighted by atomic mass is 79.9. The Bertz CT molecular complexity index is 1120. The summed E-state index contributed by atoms with van der Waals surface area (Å²) in [6.45, 7) is 0. The van der Waals surface area contributed by atoms with Crippen molar-refractivity contribution >= 4 is 21.6 Å². The van der Waals surface area contributed by atoms with Crippen molar-refractivity contribution in [1.82, 2.24) is 19.5 Å². The zero-order valence-corrected chi connectivity index (χ0v) is 15.5. The summed E-state index contributed by atoms with van der Waals surface area (Å²) < 4.78 is 8.39. The number of benzene rings is 1. The summed E-state index contributed by atoms with van der Waals surface area (Å²) >= 11 is 3.45. The van der Waals surface area contributed by atoms with Gasteiger partial charge in [0.15, 0.2) is 0 Å². The van der Waals surface area contributed by atoms with Crippen LogP contribution in [-0.4, -0.2) is 19.5 Å². The average Bonchev–Trinajstić information content (AvgIpc) is 3.28. The fourth-order valence-electron chi connectivity index (χ4n) is 3.49. The number of imidazole rings is 1. The number of hydrogen-bond acceptors (Lipinski definition) is 5. The molecular formula is C19H16BrN5O. The van der Waals surface area contributed by atoms with E-state index in [9.17, 15) is 0 Å². The first kappa shape index (κ1) is 15.7. The lowest BCUT2D eigenvalue weighted by Crippen LogP contribution is -2.17. The number of nitrogens with two attached hydrogens (primary N) is 1. The normalized spacial score (nSPS) is 16.8. The van der Waals surface area contributed by atoms with Crippen molar-refractivity contribution in [2.24, 2.45) is 5.73 Å². The average molecular weight is 410 g/mol. The molecule has 3 aromatic heterocycles. The van der Waals surface area contributed by atoms with Crippen LogP contribution in [0.5, 0.6) is 0 Å². The smallest absolute Gasteiger partial charge is 0.258 e. The molecule has 0 fully saturated rings. The van der Waals surface area contributed by atoms with Crippen LogP contribution in [0.15, 0.2) is 51.7 Å². The maximum absolute atomic E-state index is 6.20. The van der Waals surface area contributed by atoms with Gasteiger partial charge >= 0.3 is 0 Å². The van der Waals surface area contributed by atoms with Crippen molar-refractivity contribution in [3.8, 4) is 23.0 Å². The molecule has 0 saturated carbocycles. The summed E-state index contributed by atoms with van der Waals surface area (Å²) in [4.78, 5) is 9.10. The number of nitrogens with zero attached hydrogens (tertiary/aromatic N) is 4. The Kier molecular flexibility index (Phi) is 3.65. The number of halogens is 1. The standard InChI is InChI=1S/C19H16BrN5O/c20-13-6-7-25-10-16(22-17(25)9-13)18-23-19(26-24-18)12-4-5-14-11(8-12)2-1-3-15(14)21/h4-10,15H,1-3,21H2. The largest absolute Gasteiger partial charge is 0.334 e. The number of hydrogen-bond donors (Lipinski definition) is 1. The number of aromatic nitrogens is 4. The van der Waals surface area contributed by atoms with E-state index in [1.165, 1.54) is 11.1 Å². The van der Waals surface area contributed by atoms with E-state index in [4.69, 9.17) is 10.3 Å². The van der Waals surface area contributed by atoms with Gasteiger partial charge in [-0.15, -0.1) is 0 Å². The van der Waals surface area contributed by atoms with Crippen molar-refractivity contribution in [2.45, 2.75) is 25.3 Å². The summed E-state index contributed by atoms with van der Waals surface area (Å²) in [5, 5.41) is 4.11. The van der Waals surface area contributed by atoms with Crippen LogP contribution in [-0.2, 0) is 6.42 Å². The Balaban J connectivity index is 1.51. The maximum Gasteiger partial charge on any atom is 0.258 e. The number of rotatable bonds is 2. The molecule has 1 unspecified atom stereocenters. The third-order valence-electron chi connectivity index (χ3n) is 4.83. The monoisotopic (exact) mass is 409 g/mol. The molecule has 0 radical (unpaired) electrons. The molecule has 6 nitrogen and oxygen atoms in total. The van der Waals surface area contributed by atoms with Crippen LogP contribution < -0.4 is 5.73 Å². The molecule has 7 heteroatoms. The molecule has 1 aliphatic carbocycles. The SMILES string of the molecule is NC1CCCc2cc(-c3nc(-c4cn5ccc(Br)cc5n4)no3)ccc21. The van der Waals surface area contributed by atoms with Gasteiger partial charge in [0.05, 0.1) is 0 Å². The molecule has 4 aromatic rings. The Morgan fingerprint density at radius 3 is 3.04 bits per heavy atom. The summed E-state index contributed by atoms with van der Waals surface area (Å²) in [5.41, 5.74) is 11.1. The van der Waals surface area contributed by atoms with Crippen LogP contribution in [0.2, 0.25) is 0 Å². The second-order valence-electron chi connectivity index (χ2n) is 6.57. The maximum atomic E-state index is 6.20. The molecule has 130 valence electrons. The van der Waals surface area contributed by atoms with Gasteiger partial charge in [-0.3, -0.25) is 0 Å². The van der Waals surface area contributed by atoms with Gasteiger partial charge in [0.25, 0.3) is 5.89 Å². The van der Waals surface area contributed by atoms with Crippen molar-refractivity contribution in [3.05, 3.63) is 58.3 Å². The Labute approximate surface area is 158 Å². The first-order valence-electron chi connectivity index (χ1n) is 8.54. The van der Waals surface area contributed by atoms with Gasteiger partial charge in [-0.2, -0.15) is 4.98 Å². The van der Waals surface area contributed by atoms with E-state index in [0.717, 1.165) is 34.9 Å². The molecule has 0 bridgehead atoms. The number of pyridine rings is 1. The lowest BCUT2D eigenvalue weighted by Gasteiger charge is -2.22. The first-order valence-corrected chi connectivity index (χ1v) is 9.34. The van der Waals surface area contributed by atoms with Crippen molar-refractivity contribution < 1.29 is 4.52 Å². The van der Waals surface area contributed by atoms with Crippen LogP contribution in [0.3, 0.4) is 0 Å². The molecule has 1 aromatic carbocycles. The van der Waals surface area contributed by atoms with Gasteiger partial charge in [0, 0.05) is 28.5 Å². The molecular weight excluding hydrogens is 394 g/mol. The summed E-state index contributed by atoms with van der Waals surface area (Å²) in [5.74, 6) is 0.981. The van der Waals surface area contributed by atoms with Gasteiger partial charge in [0.2, 0.25) is 5.82 Å². The van der Waals surface area contributed by atoms with Gasteiger partial charge in [-0.05, 0) is 54.7 Å². The van der Waals surface area contributed by atoms with Crippen LogP contribution in [0.4, 0.5) is 0 Å². The second kappa shape index (κ2) is 6.03. The fourth-order valence-corrected chi connectivity index (χ4v) is 3.82. The van der Waals surface area contributed by atoms with Crippen LogP contribution in [0.25, 0.3) is 28.6 Å².